The summed E-state index contributed by atoms with van der Waals surface area (Å²) in [7, 11) is 0. The molecule has 6 aliphatic rings. The Morgan fingerprint density at radius 1 is 0.557 bits per heavy atom. The zero-order valence-electron chi connectivity index (χ0n) is 49.6. The van der Waals surface area contributed by atoms with Crippen LogP contribution in [0, 0.1) is 20.8 Å². The molecule has 1 atom stereocenters. The molecule has 12 rings (SSSR count). The maximum absolute atomic E-state index is 12.8. The highest BCUT2D eigenvalue weighted by atomic mass is 16.5. The van der Waals surface area contributed by atoms with Crippen molar-refractivity contribution in [3.05, 3.63) is 131 Å². The van der Waals surface area contributed by atoms with E-state index in [9.17, 15) is 38.4 Å². The van der Waals surface area contributed by atoms with Crippen LogP contribution in [-0.2, 0) is 63.9 Å². The smallest absolute Gasteiger partial charge is 0.265 e. The molecule has 0 spiro atoms. The third-order valence-corrected chi connectivity index (χ3v) is 15.6. The molecule has 3 aromatic heterocycles. The number of aryl methyl sites for hydroxylation is 3. The fourth-order valence-corrected chi connectivity index (χ4v) is 10.7. The molecule has 3 saturated heterocycles. The van der Waals surface area contributed by atoms with Gasteiger partial charge in [0.1, 0.15) is 18.0 Å². The minimum Gasteiger partial charge on any atom is -0.493 e. The van der Waals surface area contributed by atoms with Gasteiger partial charge in [-0.1, -0.05) is 18.2 Å². The Balaban J connectivity index is 0.000000146. The number of hydrogen-bond donors (Lipinski definition) is 7. The molecule has 3 fully saturated rings. The van der Waals surface area contributed by atoms with Gasteiger partial charge in [0.2, 0.25) is 41.5 Å². The summed E-state index contributed by atoms with van der Waals surface area (Å²) in [5, 5.41) is 11.2. The SMILES string of the molecule is Cc1nc(N2CCOCC2)[nH]c(=O)c1CCC(=O)N1CC(=O)Nc2ccccc21.Cc1nc(N2CCOCC2)[nH]c(=O)c1CCC(=O)Nc1ccc2c(c1)NC(=O)C(C)O2.Cc1nc(N2CCOCC2)[nH]c(=O)c1CCC(=O)Nc1ccc2c(c1)OCC2. The zero-order chi connectivity index (χ0) is 61.8. The lowest BCUT2D eigenvalue weighted by molar-refractivity contribution is -0.122. The van der Waals surface area contributed by atoms with Crippen LogP contribution < -0.4 is 67.0 Å². The van der Waals surface area contributed by atoms with Crippen LogP contribution in [0.2, 0.25) is 0 Å². The van der Waals surface area contributed by atoms with Crippen molar-refractivity contribution >= 4 is 75.8 Å². The van der Waals surface area contributed by atoms with Gasteiger partial charge in [0.15, 0.2) is 6.10 Å². The number of para-hydroxylation sites is 2. The molecule has 1 unspecified atom stereocenters. The first-order valence-corrected chi connectivity index (χ1v) is 29.5. The summed E-state index contributed by atoms with van der Waals surface area (Å²) in [4.78, 5) is 128. The Morgan fingerprint density at radius 3 is 1.55 bits per heavy atom. The van der Waals surface area contributed by atoms with Crippen LogP contribution in [0.3, 0.4) is 0 Å². The van der Waals surface area contributed by atoms with Gasteiger partial charge in [-0.25, -0.2) is 15.0 Å². The minimum atomic E-state index is -0.558. The van der Waals surface area contributed by atoms with Crippen LogP contribution >= 0.6 is 0 Å². The molecule has 6 aromatic rings. The lowest BCUT2D eigenvalue weighted by Crippen LogP contribution is -2.42. The number of rotatable bonds is 14. The maximum atomic E-state index is 12.8. The number of morpholine rings is 3. The van der Waals surface area contributed by atoms with Crippen molar-refractivity contribution in [2.24, 2.45) is 0 Å². The Hall–Kier alpha value is -9.47. The van der Waals surface area contributed by atoms with E-state index < -0.39 is 6.10 Å². The van der Waals surface area contributed by atoms with Gasteiger partial charge in [0.05, 0.1) is 63.3 Å². The number of nitrogens with one attached hydrogen (secondary N) is 7. The van der Waals surface area contributed by atoms with E-state index in [-0.39, 0.29) is 84.9 Å². The number of amides is 5. The fraction of sp³-hybridized carbons (Fsp3) is 0.426. The number of anilines is 8. The summed E-state index contributed by atoms with van der Waals surface area (Å²) < 4.78 is 27.0. The number of aromatic amines is 3. The molecule has 0 aliphatic carbocycles. The van der Waals surface area contributed by atoms with Crippen molar-refractivity contribution in [2.75, 3.05) is 133 Å². The lowest BCUT2D eigenvalue weighted by atomic mass is 10.1. The first-order chi connectivity index (χ1) is 42.5. The predicted molar refractivity (Wildman–Crippen MR) is 328 cm³/mol. The second-order valence-corrected chi connectivity index (χ2v) is 21.7. The molecule has 6 aliphatic heterocycles. The van der Waals surface area contributed by atoms with Gasteiger partial charge in [-0.15, -0.1) is 0 Å². The Kier molecular flexibility index (Phi) is 19.9. The molecule has 3 aromatic carbocycles. The molecule has 9 heterocycles. The normalized spacial score (nSPS) is 16.8. The van der Waals surface area contributed by atoms with Crippen LogP contribution in [-0.4, -0.2) is 158 Å². The summed E-state index contributed by atoms with van der Waals surface area (Å²) in [5.41, 5.74) is 6.95. The third kappa shape index (κ3) is 15.4. The number of hydrogen-bond acceptors (Lipinski definition) is 19. The third-order valence-electron chi connectivity index (χ3n) is 15.6. The molecule has 27 nitrogen and oxygen atoms in total. The van der Waals surface area contributed by atoms with E-state index in [2.05, 4.69) is 51.2 Å². The molecular formula is C61H72N14O13. The van der Waals surface area contributed by atoms with Gasteiger partial charge in [-0.05, 0) is 88.9 Å². The van der Waals surface area contributed by atoms with Gasteiger partial charge in [-0.2, -0.15) is 0 Å². The summed E-state index contributed by atoms with van der Waals surface area (Å²) in [6.45, 7) is 15.4. The highest BCUT2D eigenvalue weighted by Crippen LogP contribution is 2.33. The number of benzene rings is 3. The monoisotopic (exact) mass is 1210 g/mol. The summed E-state index contributed by atoms with van der Waals surface area (Å²) in [6, 6.07) is 17.9. The van der Waals surface area contributed by atoms with Crippen molar-refractivity contribution in [2.45, 2.75) is 78.7 Å². The first kappa shape index (κ1) is 61.6. The Morgan fingerprint density at radius 2 is 1.03 bits per heavy atom. The van der Waals surface area contributed by atoms with E-state index in [4.69, 9.17) is 23.7 Å². The summed E-state index contributed by atoms with van der Waals surface area (Å²) in [5.74, 6) is 1.95. The molecule has 0 radical (unpaired) electrons. The molecular weight excluding hydrogens is 1140 g/mol. The largest absolute Gasteiger partial charge is 0.493 e. The number of carbonyl (C=O) groups excluding carboxylic acids is 5. The number of fused-ring (bicyclic) bond motifs is 3. The van der Waals surface area contributed by atoms with Crippen molar-refractivity contribution in [3.8, 4) is 11.5 Å². The van der Waals surface area contributed by atoms with Gasteiger partial charge in [0.25, 0.3) is 22.6 Å². The van der Waals surface area contributed by atoms with Crippen molar-refractivity contribution < 1.29 is 47.7 Å². The standard InChI is InChI=1S/C21H25N5O5.C20H23N5O4.C20H24N4O4/c1-12-15(20(29)25-21(22-12)26-7-9-30-10-8-26)4-6-18(27)23-14-3-5-17-16(11-14)24-19(28)13(2)31-17;1-13-14(19(28)23-20(21-13)24-8-10-29-11-9-24)6-7-18(27)25-12-17(26)22-15-4-2-3-5-16(15)25;1-13-16(19(26)23-20(21-13)24-7-10-27-11-8-24)4-5-18(25)22-15-3-2-14-6-9-28-17(14)12-15/h3,5,11,13H,4,6-10H2,1-2H3,(H,23,27)(H,24,28)(H,22,25,29);2-5H,6-12H2,1H3,(H,22,26)(H,21,23,28);2-3,12H,4-11H2,1H3,(H,22,25)(H,21,23,26). The minimum absolute atomic E-state index is 0.0284. The molecule has 0 bridgehead atoms. The summed E-state index contributed by atoms with van der Waals surface area (Å²) in [6.07, 6.45) is 1.66. The number of ether oxygens (including phenoxy) is 5. The van der Waals surface area contributed by atoms with Crippen LogP contribution in [0.4, 0.5) is 46.3 Å². The van der Waals surface area contributed by atoms with Gasteiger partial charge < -0.3 is 64.6 Å². The second-order valence-electron chi connectivity index (χ2n) is 21.7. The van der Waals surface area contributed by atoms with Crippen molar-refractivity contribution in [3.63, 3.8) is 0 Å². The number of nitrogens with zero attached hydrogens (tertiary/aromatic N) is 7. The first-order valence-electron chi connectivity index (χ1n) is 29.5. The van der Waals surface area contributed by atoms with E-state index >= 15 is 0 Å². The highest BCUT2D eigenvalue weighted by Gasteiger charge is 2.28. The summed E-state index contributed by atoms with van der Waals surface area (Å²) >= 11 is 0. The van der Waals surface area contributed by atoms with E-state index in [1.807, 2.05) is 45.9 Å². The Bertz CT molecular complexity index is 3760. The average molecular weight is 1210 g/mol. The molecule has 5 amide bonds. The highest BCUT2D eigenvalue weighted by molar-refractivity contribution is 6.10. The predicted octanol–water partition coefficient (Wildman–Crippen LogP) is 3.46. The van der Waals surface area contributed by atoms with Crippen LogP contribution in [0.1, 0.15) is 65.5 Å². The maximum Gasteiger partial charge on any atom is 0.265 e. The van der Waals surface area contributed by atoms with E-state index in [1.165, 1.54) is 4.90 Å². The van der Waals surface area contributed by atoms with Gasteiger partial charge in [0, 0.05) is 116 Å². The number of H-pyrrole nitrogens is 3. The molecule has 7 N–H and O–H groups in total. The quantitative estimate of drug-likeness (QED) is 0.0821. The fourth-order valence-electron chi connectivity index (χ4n) is 10.7. The number of aromatic nitrogens is 6. The Labute approximate surface area is 505 Å². The van der Waals surface area contributed by atoms with E-state index in [1.54, 1.807) is 57.2 Å². The topological polar surface area (TPSA) is 330 Å². The van der Waals surface area contributed by atoms with E-state index in [0.29, 0.717) is 178 Å². The molecule has 88 heavy (non-hydrogen) atoms. The number of carbonyl (C=O) groups is 5. The molecule has 0 saturated carbocycles. The van der Waals surface area contributed by atoms with E-state index in [0.717, 1.165) is 17.7 Å². The van der Waals surface area contributed by atoms with Crippen LogP contribution in [0.15, 0.2) is 75.0 Å². The van der Waals surface area contributed by atoms with Crippen molar-refractivity contribution in [1.29, 1.82) is 0 Å². The van der Waals surface area contributed by atoms with Crippen molar-refractivity contribution in [1.82, 2.24) is 29.9 Å². The second kappa shape index (κ2) is 28.4. The van der Waals surface area contributed by atoms with Gasteiger partial charge in [-0.3, -0.25) is 53.3 Å². The molecule has 464 valence electrons. The lowest BCUT2D eigenvalue weighted by Gasteiger charge is -2.29. The zero-order valence-corrected chi connectivity index (χ0v) is 49.6. The van der Waals surface area contributed by atoms with Crippen LogP contribution in [0.25, 0.3) is 0 Å². The molecule has 27 heteroatoms. The van der Waals surface area contributed by atoms with Crippen LogP contribution in [0.5, 0.6) is 11.5 Å². The van der Waals surface area contributed by atoms with Gasteiger partial charge >= 0.3 is 0 Å². The average Bonchev–Trinajstić information content (AvgIpc) is 3.72.